The first-order chi connectivity index (χ1) is 18.9. The highest BCUT2D eigenvalue weighted by Crippen LogP contribution is 2.40. The second-order valence-electron chi connectivity index (χ2n) is 9.62. The van der Waals surface area contributed by atoms with Crippen molar-refractivity contribution in [2.24, 2.45) is 5.16 Å². The maximum atomic E-state index is 13.2. The van der Waals surface area contributed by atoms with E-state index >= 15 is 0 Å². The van der Waals surface area contributed by atoms with Gasteiger partial charge in [0.2, 0.25) is 5.91 Å². The molecule has 7 nitrogen and oxygen atoms in total. The van der Waals surface area contributed by atoms with Crippen LogP contribution >= 0.6 is 46.1 Å². The van der Waals surface area contributed by atoms with Crippen molar-refractivity contribution in [1.29, 1.82) is 0 Å². The van der Waals surface area contributed by atoms with Gasteiger partial charge in [0.25, 0.3) is 5.56 Å². The van der Waals surface area contributed by atoms with Gasteiger partial charge in [-0.1, -0.05) is 40.0 Å². The summed E-state index contributed by atoms with van der Waals surface area (Å²) in [7, 11) is 0. The molecule has 2 aliphatic heterocycles. The Morgan fingerprint density at radius 2 is 1.82 bits per heavy atom. The molecule has 3 aromatic rings. The van der Waals surface area contributed by atoms with E-state index in [2.05, 4.69) is 5.16 Å². The summed E-state index contributed by atoms with van der Waals surface area (Å²) >= 11 is 20.2. The van der Waals surface area contributed by atoms with Gasteiger partial charge in [-0.3, -0.25) is 9.59 Å². The lowest BCUT2D eigenvalue weighted by molar-refractivity contribution is -0.139. The van der Waals surface area contributed by atoms with E-state index in [9.17, 15) is 22.8 Å². The zero-order chi connectivity index (χ0) is 28.8. The minimum atomic E-state index is -4.78. The highest BCUT2D eigenvalue weighted by Gasteiger charge is 2.35. The van der Waals surface area contributed by atoms with Gasteiger partial charge in [0.15, 0.2) is 6.10 Å². The van der Waals surface area contributed by atoms with Crippen LogP contribution in [0.15, 0.2) is 39.6 Å². The van der Waals surface area contributed by atoms with Gasteiger partial charge < -0.3 is 14.3 Å². The third-order valence-electron chi connectivity index (χ3n) is 7.04. The van der Waals surface area contributed by atoms with E-state index in [0.717, 1.165) is 15.6 Å². The highest BCUT2D eigenvalue weighted by atomic mass is 35.5. The first-order valence-electron chi connectivity index (χ1n) is 12.3. The van der Waals surface area contributed by atoms with Gasteiger partial charge in [-0.15, -0.1) is 11.3 Å². The van der Waals surface area contributed by atoms with Crippen molar-refractivity contribution < 1.29 is 22.8 Å². The predicted molar refractivity (Wildman–Crippen MR) is 148 cm³/mol. The number of hydrogen-bond donors (Lipinski definition) is 0. The monoisotopic (exact) mass is 632 g/mol. The molecule has 2 aliphatic rings. The smallest absolute Gasteiger partial charge is 0.387 e. The van der Waals surface area contributed by atoms with Crippen molar-refractivity contribution >= 4 is 57.8 Å². The van der Waals surface area contributed by atoms with Crippen molar-refractivity contribution in [2.75, 3.05) is 13.1 Å². The van der Waals surface area contributed by atoms with Crippen molar-refractivity contribution in [2.45, 2.75) is 50.9 Å². The normalized spacial score (nSPS) is 18.1. The van der Waals surface area contributed by atoms with E-state index in [1.807, 2.05) is 5.38 Å². The van der Waals surface area contributed by atoms with Gasteiger partial charge in [-0.2, -0.15) is 13.2 Å². The Balaban J connectivity index is 1.20. The van der Waals surface area contributed by atoms with Crippen LogP contribution in [0.25, 0.3) is 0 Å². The standard InChI is InChI=1S/C26H22Cl3F3N4O3S/c1-13-2-3-16(26(30,31)32)25(38)36(13)11-22(37)35-6-4-14(5-7-35)24-33-20(12-40-24)19-10-21(39-34-19)23-17(28)8-15(27)9-18(23)29/h2-3,8-9,12,14,21H,4-7,10-11H2,1H3. The van der Waals surface area contributed by atoms with Crippen LogP contribution in [-0.4, -0.2) is 39.2 Å². The Bertz CT molecular complexity index is 1520. The molecule has 1 amide bonds. The van der Waals surface area contributed by atoms with E-state index in [0.29, 0.717) is 70.1 Å². The summed E-state index contributed by atoms with van der Waals surface area (Å²) in [6.45, 7) is 1.88. The fourth-order valence-corrected chi connectivity index (χ4v) is 6.91. The molecule has 40 heavy (non-hydrogen) atoms. The molecule has 4 heterocycles. The number of nitrogens with zero attached hydrogens (tertiary/aromatic N) is 4. The van der Waals surface area contributed by atoms with Crippen LogP contribution in [0.2, 0.25) is 15.1 Å². The lowest BCUT2D eigenvalue weighted by Crippen LogP contribution is -2.42. The molecule has 0 aliphatic carbocycles. The summed E-state index contributed by atoms with van der Waals surface area (Å²) in [6.07, 6.45) is -3.54. The number of piperidine rings is 1. The molecule has 2 aromatic heterocycles. The Morgan fingerprint density at radius 1 is 1.15 bits per heavy atom. The second kappa shape index (κ2) is 11.3. The molecule has 14 heteroatoms. The Hall–Kier alpha value is -2.60. The molecular formula is C26H22Cl3F3N4O3S. The van der Waals surface area contributed by atoms with E-state index in [4.69, 9.17) is 44.6 Å². The summed E-state index contributed by atoms with van der Waals surface area (Å²) in [4.78, 5) is 37.2. The molecule has 0 N–H and O–H groups in total. The van der Waals surface area contributed by atoms with Crippen LogP contribution in [0.1, 0.15) is 58.8 Å². The molecule has 0 saturated carbocycles. The summed E-state index contributed by atoms with van der Waals surface area (Å²) in [6, 6.07) is 5.15. The molecule has 0 radical (unpaired) electrons. The summed E-state index contributed by atoms with van der Waals surface area (Å²) in [5, 5.41) is 8.23. The highest BCUT2D eigenvalue weighted by molar-refractivity contribution is 7.10. The molecule has 0 spiro atoms. The minimum absolute atomic E-state index is 0.111. The van der Waals surface area contributed by atoms with Crippen LogP contribution in [0, 0.1) is 6.92 Å². The van der Waals surface area contributed by atoms with Crippen LogP contribution in [0.5, 0.6) is 0 Å². The lowest BCUT2D eigenvalue weighted by Gasteiger charge is -2.31. The van der Waals surface area contributed by atoms with Gasteiger partial charge >= 0.3 is 6.18 Å². The first kappa shape index (κ1) is 28.9. The number of aryl methyl sites for hydroxylation is 1. The summed E-state index contributed by atoms with van der Waals surface area (Å²) in [5.41, 5.74) is -0.231. The number of hydrogen-bond acceptors (Lipinski definition) is 6. The molecule has 1 aromatic carbocycles. The summed E-state index contributed by atoms with van der Waals surface area (Å²) in [5.74, 6) is -0.287. The quantitative estimate of drug-likeness (QED) is 0.308. The molecule has 212 valence electrons. The number of oxime groups is 1. The van der Waals surface area contributed by atoms with E-state index in [-0.39, 0.29) is 5.92 Å². The number of thiazole rings is 1. The number of aromatic nitrogens is 2. The topological polar surface area (TPSA) is 76.8 Å². The van der Waals surface area contributed by atoms with Crippen LogP contribution in [-0.2, 0) is 22.4 Å². The van der Waals surface area contributed by atoms with Gasteiger partial charge in [-0.05, 0) is 44.0 Å². The molecular weight excluding hydrogens is 612 g/mol. The fourth-order valence-electron chi connectivity index (χ4n) is 4.85. The number of likely N-dealkylation sites (tertiary alicyclic amines) is 1. The van der Waals surface area contributed by atoms with Crippen molar-refractivity contribution in [3.8, 4) is 0 Å². The number of alkyl halides is 3. The average Bonchev–Trinajstić information content (AvgIpc) is 3.55. The van der Waals surface area contributed by atoms with Crippen LogP contribution in [0.4, 0.5) is 13.2 Å². The van der Waals surface area contributed by atoms with Crippen LogP contribution < -0.4 is 5.56 Å². The Labute approximate surface area is 246 Å². The third kappa shape index (κ3) is 5.88. The lowest BCUT2D eigenvalue weighted by atomic mass is 9.97. The first-order valence-corrected chi connectivity index (χ1v) is 14.3. The Morgan fingerprint density at radius 3 is 2.48 bits per heavy atom. The van der Waals surface area contributed by atoms with Gasteiger partial charge in [0.1, 0.15) is 17.8 Å². The number of halogens is 6. The second-order valence-corrected chi connectivity index (χ2v) is 11.8. The molecule has 0 bridgehead atoms. The van der Waals surface area contributed by atoms with Crippen molar-refractivity contribution in [1.82, 2.24) is 14.5 Å². The number of rotatable bonds is 5. The summed E-state index contributed by atoms with van der Waals surface area (Å²) < 4.78 is 40.4. The maximum Gasteiger partial charge on any atom is 0.421 e. The molecule has 1 atom stereocenters. The van der Waals surface area contributed by atoms with E-state index in [1.54, 1.807) is 17.0 Å². The molecule has 1 unspecified atom stereocenters. The number of pyridine rings is 1. The van der Waals surface area contributed by atoms with Crippen molar-refractivity contribution in [3.05, 3.63) is 82.6 Å². The zero-order valence-electron chi connectivity index (χ0n) is 21.0. The van der Waals surface area contributed by atoms with Crippen molar-refractivity contribution in [3.63, 3.8) is 0 Å². The Kier molecular flexibility index (Phi) is 8.20. The van der Waals surface area contributed by atoms with Gasteiger partial charge in [0, 0.05) is 47.1 Å². The molecule has 1 saturated heterocycles. The zero-order valence-corrected chi connectivity index (χ0v) is 24.1. The average molecular weight is 634 g/mol. The largest absolute Gasteiger partial charge is 0.421 e. The molecule has 1 fully saturated rings. The third-order valence-corrected chi connectivity index (χ3v) is 8.89. The van der Waals surface area contributed by atoms with E-state index in [1.165, 1.54) is 24.3 Å². The van der Waals surface area contributed by atoms with Crippen LogP contribution in [0.3, 0.4) is 0 Å². The SMILES string of the molecule is Cc1ccc(C(F)(F)F)c(=O)n1CC(=O)N1CCC(c2nc(C3=NOC(c4c(Cl)cc(Cl)cc4Cl)C3)cs2)CC1. The number of carbonyl (C=O) groups is 1. The number of amides is 1. The predicted octanol–water partition coefficient (Wildman–Crippen LogP) is 6.86. The van der Waals surface area contributed by atoms with Gasteiger partial charge in [-0.25, -0.2) is 4.98 Å². The fraction of sp³-hybridized carbons (Fsp3) is 0.385. The molecule has 5 rings (SSSR count). The van der Waals surface area contributed by atoms with Gasteiger partial charge in [0.05, 0.1) is 20.7 Å². The minimum Gasteiger partial charge on any atom is -0.387 e. The maximum absolute atomic E-state index is 13.2. The number of carbonyl (C=O) groups excluding carboxylic acids is 1. The number of benzene rings is 1. The van der Waals surface area contributed by atoms with E-state index < -0.39 is 35.9 Å².